The van der Waals surface area contributed by atoms with Crippen LogP contribution in [-0.4, -0.2) is 56.0 Å². The molecular formula is C25H36N2O4. The third kappa shape index (κ3) is 9.61. The van der Waals surface area contributed by atoms with Gasteiger partial charge in [0.15, 0.2) is 6.29 Å². The van der Waals surface area contributed by atoms with Crippen LogP contribution in [0.2, 0.25) is 0 Å². The summed E-state index contributed by atoms with van der Waals surface area (Å²) >= 11 is 0. The van der Waals surface area contributed by atoms with E-state index in [4.69, 9.17) is 19.9 Å². The number of carbonyl (C=O) groups excluding carboxylic acids is 1. The van der Waals surface area contributed by atoms with Crippen LogP contribution in [-0.2, 0) is 32.0 Å². The molecule has 0 saturated heterocycles. The van der Waals surface area contributed by atoms with E-state index < -0.39 is 12.3 Å². The van der Waals surface area contributed by atoms with Crippen molar-refractivity contribution >= 4 is 5.91 Å². The van der Waals surface area contributed by atoms with Gasteiger partial charge in [-0.25, -0.2) is 0 Å². The van der Waals surface area contributed by atoms with Gasteiger partial charge in [-0.15, -0.1) is 0 Å². The molecule has 2 N–H and O–H groups in total. The van der Waals surface area contributed by atoms with Gasteiger partial charge in [0.2, 0.25) is 5.91 Å². The summed E-state index contributed by atoms with van der Waals surface area (Å²) in [6.45, 7) is 6.38. The van der Waals surface area contributed by atoms with Gasteiger partial charge in [0, 0.05) is 19.8 Å². The van der Waals surface area contributed by atoms with E-state index in [1.807, 2.05) is 62.4 Å². The molecule has 170 valence electrons. The first-order valence-corrected chi connectivity index (χ1v) is 11.1. The summed E-state index contributed by atoms with van der Waals surface area (Å²) in [7, 11) is 0. The van der Waals surface area contributed by atoms with Crippen LogP contribution in [0, 0.1) is 0 Å². The number of hydrogen-bond donors (Lipinski definition) is 1. The van der Waals surface area contributed by atoms with E-state index >= 15 is 0 Å². The molecule has 0 aliphatic heterocycles. The highest BCUT2D eigenvalue weighted by Gasteiger charge is 2.24. The molecule has 0 aliphatic carbocycles. The zero-order valence-corrected chi connectivity index (χ0v) is 18.7. The van der Waals surface area contributed by atoms with E-state index in [9.17, 15) is 4.79 Å². The van der Waals surface area contributed by atoms with Gasteiger partial charge >= 0.3 is 0 Å². The van der Waals surface area contributed by atoms with Gasteiger partial charge in [-0.3, -0.25) is 4.79 Å². The minimum atomic E-state index is -0.732. The lowest BCUT2D eigenvalue weighted by molar-refractivity contribution is -0.160. The first-order chi connectivity index (χ1) is 15.1. The van der Waals surface area contributed by atoms with Crippen LogP contribution in [0.5, 0.6) is 0 Å². The fourth-order valence-electron chi connectivity index (χ4n) is 3.30. The van der Waals surface area contributed by atoms with Gasteiger partial charge in [-0.2, -0.15) is 0 Å². The Labute approximate surface area is 186 Å². The van der Waals surface area contributed by atoms with Crippen molar-refractivity contribution < 1.29 is 19.0 Å². The smallest absolute Gasteiger partial charge is 0.242 e. The summed E-state index contributed by atoms with van der Waals surface area (Å²) in [6.07, 6.45) is 1.25. The third-order valence-electron chi connectivity index (χ3n) is 4.85. The molecule has 2 rings (SSSR count). The van der Waals surface area contributed by atoms with Crippen LogP contribution in [0.1, 0.15) is 31.4 Å². The lowest BCUT2D eigenvalue weighted by Crippen LogP contribution is -2.49. The molecule has 6 nitrogen and oxygen atoms in total. The van der Waals surface area contributed by atoms with E-state index in [0.717, 1.165) is 18.4 Å². The number of rotatable bonds is 15. The maximum absolute atomic E-state index is 13.1. The Morgan fingerprint density at radius 3 is 2.10 bits per heavy atom. The van der Waals surface area contributed by atoms with Crippen molar-refractivity contribution in [2.24, 2.45) is 5.73 Å². The van der Waals surface area contributed by atoms with Crippen molar-refractivity contribution in [1.29, 1.82) is 0 Å². The maximum atomic E-state index is 13.1. The molecule has 0 fully saturated rings. The van der Waals surface area contributed by atoms with Gasteiger partial charge in [0.25, 0.3) is 0 Å². The number of carbonyl (C=O) groups is 1. The molecule has 6 heteroatoms. The fourth-order valence-corrected chi connectivity index (χ4v) is 3.30. The number of nitrogens with zero attached hydrogens (tertiary/aromatic N) is 1. The molecule has 0 aromatic heterocycles. The average molecular weight is 429 g/mol. The molecule has 0 spiro atoms. The van der Waals surface area contributed by atoms with Gasteiger partial charge in [0.05, 0.1) is 19.8 Å². The summed E-state index contributed by atoms with van der Waals surface area (Å²) < 4.78 is 17.0. The SMILES string of the molecule is CCOC(CN(CCCc1ccccc1)C(=O)C(N)COCc1ccccc1)OCC. The predicted molar refractivity (Wildman–Crippen MR) is 122 cm³/mol. The molecule has 1 amide bonds. The van der Waals surface area contributed by atoms with Crippen molar-refractivity contribution in [2.75, 3.05) is 32.9 Å². The van der Waals surface area contributed by atoms with Crippen LogP contribution >= 0.6 is 0 Å². The van der Waals surface area contributed by atoms with Crippen molar-refractivity contribution in [3.8, 4) is 0 Å². The van der Waals surface area contributed by atoms with Crippen LogP contribution in [0.3, 0.4) is 0 Å². The van der Waals surface area contributed by atoms with Gasteiger partial charge in [-0.05, 0) is 37.8 Å². The lowest BCUT2D eigenvalue weighted by atomic mass is 10.1. The number of ether oxygens (including phenoxy) is 3. The monoisotopic (exact) mass is 428 g/mol. The molecule has 0 heterocycles. The number of nitrogens with two attached hydrogens (primary N) is 1. The molecule has 0 saturated carbocycles. The van der Waals surface area contributed by atoms with Gasteiger partial charge in [-0.1, -0.05) is 60.7 Å². The number of hydrogen-bond acceptors (Lipinski definition) is 5. The second kappa shape index (κ2) is 14.7. The highest BCUT2D eigenvalue weighted by atomic mass is 16.7. The Bertz CT molecular complexity index is 721. The number of aryl methyl sites for hydroxylation is 1. The minimum absolute atomic E-state index is 0.148. The van der Waals surface area contributed by atoms with Crippen molar-refractivity contribution in [2.45, 2.75) is 45.6 Å². The first kappa shape index (κ1) is 25.0. The summed E-state index contributed by atoms with van der Waals surface area (Å²) in [5, 5.41) is 0. The van der Waals surface area contributed by atoms with E-state index in [1.165, 1.54) is 5.56 Å². The normalized spacial score (nSPS) is 12.1. The van der Waals surface area contributed by atoms with Crippen molar-refractivity contribution in [3.63, 3.8) is 0 Å². The molecule has 0 aliphatic rings. The van der Waals surface area contributed by atoms with Crippen LogP contribution in [0.25, 0.3) is 0 Å². The Morgan fingerprint density at radius 2 is 1.52 bits per heavy atom. The average Bonchev–Trinajstić information content (AvgIpc) is 2.79. The lowest BCUT2D eigenvalue weighted by Gasteiger charge is -2.29. The van der Waals surface area contributed by atoms with E-state index in [2.05, 4.69) is 12.1 Å². The molecule has 0 radical (unpaired) electrons. The molecule has 1 atom stereocenters. The third-order valence-corrected chi connectivity index (χ3v) is 4.85. The Balaban J connectivity index is 1.92. The summed E-state index contributed by atoms with van der Waals surface area (Å²) in [5.74, 6) is -0.148. The Kier molecular flexibility index (Phi) is 11.9. The van der Waals surface area contributed by atoms with E-state index in [0.29, 0.717) is 32.9 Å². The number of amides is 1. The van der Waals surface area contributed by atoms with Gasteiger partial charge in [0.1, 0.15) is 6.04 Å². The highest BCUT2D eigenvalue weighted by Crippen LogP contribution is 2.08. The van der Waals surface area contributed by atoms with E-state index in [-0.39, 0.29) is 12.5 Å². The maximum Gasteiger partial charge on any atom is 0.242 e. The summed E-state index contributed by atoms with van der Waals surface area (Å²) in [6, 6.07) is 19.4. The summed E-state index contributed by atoms with van der Waals surface area (Å²) in [5.41, 5.74) is 8.49. The highest BCUT2D eigenvalue weighted by molar-refractivity contribution is 5.81. The fraction of sp³-hybridized carbons (Fsp3) is 0.480. The molecule has 2 aromatic carbocycles. The molecule has 31 heavy (non-hydrogen) atoms. The second-order valence-corrected chi connectivity index (χ2v) is 7.32. The first-order valence-electron chi connectivity index (χ1n) is 11.1. The topological polar surface area (TPSA) is 74.0 Å². The standard InChI is InChI=1S/C25H36N2O4/c1-3-30-24(31-4-2)18-27(17-11-16-21-12-7-5-8-13-21)25(28)23(26)20-29-19-22-14-9-6-10-15-22/h5-10,12-15,23-24H,3-4,11,16-20,26H2,1-2H3. The Hall–Kier alpha value is -2.25. The Morgan fingerprint density at radius 1 is 0.935 bits per heavy atom. The van der Waals surface area contributed by atoms with Crippen molar-refractivity contribution in [3.05, 3.63) is 71.8 Å². The van der Waals surface area contributed by atoms with Crippen molar-refractivity contribution in [1.82, 2.24) is 4.90 Å². The molecule has 2 aromatic rings. The zero-order chi connectivity index (χ0) is 22.3. The van der Waals surface area contributed by atoms with Gasteiger partial charge < -0.3 is 24.8 Å². The van der Waals surface area contributed by atoms with Crippen LogP contribution in [0.15, 0.2) is 60.7 Å². The molecule has 1 unspecified atom stereocenters. The molecule has 0 bridgehead atoms. The molecular weight excluding hydrogens is 392 g/mol. The van der Waals surface area contributed by atoms with Crippen LogP contribution in [0.4, 0.5) is 0 Å². The quantitative estimate of drug-likeness (QED) is 0.440. The predicted octanol–water partition coefficient (Wildman–Crippen LogP) is 3.39. The minimum Gasteiger partial charge on any atom is -0.375 e. The largest absolute Gasteiger partial charge is 0.375 e. The zero-order valence-electron chi connectivity index (χ0n) is 18.7. The van der Waals surface area contributed by atoms with E-state index in [1.54, 1.807) is 4.90 Å². The van der Waals surface area contributed by atoms with Crippen LogP contribution < -0.4 is 5.73 Å². The number of benzene rings is 2. The second-order valence-electron chi connectivity index (χ2n) is 7.32. The summed E-state index contributed by atoms with van der Waals surface area (Å²) in [4.78, 5) is 14.8.